The highest BCUT2D eigenvalue weighted by Crippen LogP contribution is 2.31. The zero-order valence-corrected chi connectivity index (χ0v) is 19.6. The van der Waals surface area contributed by atoms with E-state index in [0.29, 0.717) is 31.2 Å². The average Bonchev–Trinajstić information content (AvgIpc) is 3.26. The van der Waals surface area contributed by atoms with Crippen molar-refractivity contribution in [2.75, 3.05) is 31.7 Å². The number of hydrogen-bond donors (Lipinski definition) is 0. The molecule has 3 aromatic heterocycles. The number of halogens is 2. The summed E-state index contributed by atoms with van der Waals surface area (Å²) < 4.78 is 29.3. The highest BCUT2D eigenvalue weighted by Gasteiger charge is 2.26. The Kier molecular flexibility index (Phi) is 5.70. The largest absolute Gasteiger partial charge is 0.490 e. The number of rotatable bonds is 4. The van der Waals surface area contributed by atoms with Crippen LogP contribution in [0.25, 0.3) is 16.9 Å². The molecule has 4 heterocycles. The molecular formula is C23H22ClFN6O3. The van der Waals surface area contributed by atoms with E-state index < -0.39 is 11.4 Å². The second kappa shape index (κ2) is 8.69. The number of benzene rings is 1. The predicted molar refractivity (Wildman–Crippen MR) is 125 cm³/mol. The summed E-state index contributed by atoms with van der Waals surface area (Å²) in [6.45, 7) is 3.14. The minimum absolute atomic E-state index is 0.118. The molecule has 0 N–H and O–H groups in total. The van der Waals surface area contributed by atoms with Gasteiger partial charge < -0.3 is 14.4 Å². The van der Waals surface area contributed by atoms with Crippen molar-refractivity contribution in [3.05, 3.63) is 69.2 Å². The minimum Gasteiger partial charge on any atom is -0.490 e. The van der Waals surface area contributed by atoms with E-state index in [1.807, 2.05) is 18.1 Å². The molecule has 5 rings (SSSR count). The van der Waals surface area contributed by atoms with Gasteiger partial charge in [-0.15, -0.1) is 0 Å². The number of anilines is 1. The molecule has 0 bridgehead atoms. The van der Waals surface area contributed by atoms with Crippen molar-refractivity contribution >= 4 is 23.1 Å². The fraction of sp³-hybridized carbons (Fsp3) is 0.304. The molecule has 1 aromatic carbocycles. The molecule has 0 spiro atoms. The van der Waals surface area contributed by atoms with Crippen molar-refractivity contribution in [1.29, 1.82) is 0 Å². The van der Waals surface area contributed by atoms with E-state index in [-0.39, 0.29) is 33.8 Å². The van der Waals surface area contributed by atoms with Crippen LogP contribution in [0.3, 0.4) is 0 Å². The highest BCUT2D eigenvalue weighted by molar-refractivity contribution is 6.30. The van der Waals surface area contributed by atoms with Crippen LogP contribution in [0, 0.1) is 12.7 Å². The summed E-state index contributed by atoms with van der Waals surface area (Å²) in [5.74, 6) is 0.0493. The van der Waals surface area contributed by atoms with Gasteiger partial charge >= 0.3 is 5.56 Å². The van der Waals surface area contributed by atoms with Crippen molar-refractivity contribution in [1.82, 2.24) is 24.1 Å². The molecule has 9 nitrogen and oxygen atoms in total. The number of methoxy groups -OCH3 is 1. The van der Waals surface area contributed by atoms with Gasteiger partial charge in [0.25, 0.3) is 0 Å². The number of ether oxygens (including phenoxy) is 2. The normalized spacial score (nSPS) is 16.3. The Morgan fingerprint density at radius 3 is 2.79 bits per heavy atom. The SMILES string of the molecule is COc1c(C)nc2c(-c3ccc(Cl)cc3F)nc(N3CCO[C@@H](c4cnn(C)c4)C3)cn2c1=O. The molecular weight excluding hydrogens is 463 g/mol. The Balaban J connectivity index is 1.68. The summed E-state index contributed by atoms with van der Waals surface area (Å²) in [5.41, 5.74) is 1.58. The third-order valence-corrected chi connectivity index (χ3v) is 6.04. The van der Waals surface area contributed by atoms with Crippen LogP contribution in [-0.4, -0.2) is 51.0 Å². The molecule has 1 aliphatic rings. The van der Waals surface area contributed by atoms with E-state index in [1.54, 1.807) is 30.1 Å². The van der Waals surface area contributed by atoms with Crippen molar-refractivity contribution in [3.8, 4) is 17.0 Å². The van der Waals surface area contributed by atoms with Crippen molar-refractivity contribution < 1.29 is 13.9 Å². The molecule has 0 amide bonds. The number of hydrogen-bond acceptors (Lipinski definition) is 7. The summed E-state index contributed by atoms with van der Waals surface area (Å²) >= 11 is 5.96. The lowest BCUT2D eigenvalue weighted by Crippen LogP contribution is -2.39. The summed E-state index contributed by atoms with van der Waals surface area (Å²) in [4.78, 5) is 24.5. The fourth-order valence-corrected chi connectivity index (χ4v) is 4.29. The first-order valence-corrected chi connectivity index (χ1v) is 11.0. The third-order valence-electron chi connectivity index (χ3n) is 5.80. The average molecular weight is 485 g/mol. The summed E-state index contributed by atoms with van der Waals surface area (Å²) in [6, 6.07) is 4.32. The molecule has 34 heavy (non-hydrogen) atoms. The van der Waals surface area contributed by atoms with E-state index in [4.69, 9.17) is 26.1 Å². The Morgan fingerprint density at radius 2 is 2.09 bits per heavy atom. The van der Waals surface area contributed by atoms with E-state index in [9.17, 15) is 9.18 Å². The molecule has 4 aromatic rings. The Bertz CT molecular complexity index is 1450. The molecule has 1 aliphatic heterocycles. The lowest BCUT2D eigenvalue weighted by molar-refractivity contribution is 0.0394. The predicted octanol–water partition coefficient (Wildman–Crippen LogP) is 3.18. The number of morpholine rings is 1. The van der Waals surface area contributed by atoms with Gasteiger partial charge in [0.05, 0.1) is 38.3 Å². The standard InChI is InChI=1S/C23H22ClFN6O3/c1-13-21(33-3)23(32)31-12-19(30-6-7-34-18(11-30)14-9-26-29(2)10-14)28-20(22(31)27-13)16-5-4-15(24)8-17(16)25/h4-5,8-10,12,18H,6-7,11H2,1-3H3/t18-/m1/s1. The van der Waals surface area contributed by atoms with Gasteiger partial charge in [0.15, 0.2) is 5.65 Å². The maximum Gasteiger partial charge on any atom is 0.300 e. The zero-order chi connectivity index (χ0) is 24.0. The lowest BCUT2D eigenvalue weighted by atomic mass is 10.1. The topological polar surface area (TPSA) is 86.8 Å². The fourth-order valence-electron chi connectivity index (χ4n) is 4.13. The van der Waals surface area contributed by atoms with Crippen molar-refractivity contribution in [2.24, 2.45) is 7.05 Å². The molecule has 1 saturated heterocycles. The number of fused-ring (bicyclic) bond motifs is 1. The van der Waals surface area contributed by atoms with Gasteiger partial charge in [-0.05, 0) is 25.1 Å². The summed E-state index contributed by atoms with van der Waals surface area (Å²) in [6.07, 6.45) is 5.05. The van der Waals surface area contributed by atoms with Crippen LogP contribution in [0.5, 0.6) is 5.75 Å². The van der Waals surface area contributed by atoms with Crippen LogP contribution in [0.1, 0.15) is 17.4 Å². The molecule has 0 radical (unpaired) electrons. The van der Waals surface area contributed by atoms with Crippen molar-refractivity contribution in [3.63, 3.8) is 0 Å². The van der Waals surface area contributed by atoms with Gasteiger partial charge in [0.2, 0.25) is 5.75 Å². The first-order valence-electron chi connectivity index (χ1n) is 10.6. The summed E-state index contributed by atoms with van der Waals surface area (Å²) in [5, 5.41) is 4.48. The molecule has 0 unspecified atom stereocenters. The second-order valence-corrected chi connectivity index (χ2v) is 8.49. The maximum absolute atomic E-state index is 15.0. The van der Waals surface area contributed by atoms with E-state index >= 15 is 0 Å². The third kappa shape index (κ3) is 3.88. The second-order valence-electron chi connectivity index (χ2n) is 8.05. The number of aromatic nitrogens is 5. The van der Waals surface area contributed by atoms with Crippen LogP contribution < -0.4 is 15.2 Å². The number of nitrogens with zero attached hydrogens (tertiary/aromatic N) is 6. The smallest absolute Gasteiger partial charge is 0.300 e. The molecule has 11 heteroatoms. The van der Waals surface area contributed by atoms with Gasteiger partial charge in [0.1, 0.15) is 23.4 Å². The highest BCUT2D eigenvalue weighted by atomic mass is 35.5. The van der Waals surface area contributed by atoms with Crippen molar-refractivity contribution in [2.45, 2.75) is 13.0 Å². The van der Waals surface area contributed by atoms with Crippen LogP contribution in [-0.2, 0) is 11.8 Å². The Labute approximate surface area is 199 Å². The van der Waals surface area contributed by atoms with Gasteiger partial charge in [0, 0.05) is 35.9 Å². The quantitative estimate of drug-likeness (QED) is 0.439. The van der Waals surface area contributed by atoms with E-state index in [0.717, 1.165) is 5.56 Å². The van der Waals surface area contributed by atoms with E-state index in [2.05, 4.69) is 10.1 Å². The monoisotopic (exact) mass is 484 g/mol. The minimum atomic E-state index is -0.558. The molecule has 1 fully saturated rings. The maximum atomic E-state index is 15.0. The van der Waals surface area contributed by atoms with Gasteiger partial charge in [-0.1, -0.05) is 11.6 Å². The van der Waals surface area contributed by atoms with Crippen LogP contribution in [0.15, 0.2) is 41.6 Å². The lowest BCUT2D eigenvalue weighted by Gasteiger charge is -2.33. The van der Waals surface area contributed by atoms with Crippen LogP contribution in [0.2, 0.25) is 5.02 Å². The first kappa shape index (κ1) is 22.3. The first-order chi connectivity index (χ1) is 16.4. The zero-order valence-electron chi connectivity index (χ0n) is 18.8. The molecule has 1 atom stereocenters. The number of aryl methyl sites for hydroxylation is 2. The Hall–Kier alpha value is -3.50. The summed E-state index contributed by atoms with van der Waals surface area (Å²) in [7, 11) is 3.26. The van der Waals surface area contributed by atoms with Gasteiger partial charge in [-0.3, -0.25) is 13.9 Å². The van der Waals surface area contributed by atoms with Gasteiger partial charge in [-0.25, -0.2) is 14.4 Å². The molecule has 0 saturated carbocycles. The Morgan fingerprint density at radius 1 is 1.26 bits per heavy atom. The van der Waals surface area contributed by atoms with E-state index in [1.165, 1.54) is 23.6 Å². The van der Waals surface area contributed by atoms with Crippen LogP contribution >= 0.6 is 11.6 Å². The van der Waals surface area contributed by atoms with Crippen LogP contribution in [0.4, 0.5) is 10.2 Å². The molecule has 0 aliphatic carbocycles. The van der Waals surface area contributed by atoms with Gasteiger partial charge in [-0.2, -0.15) is 5.10 Å². The molecule has 176 valence electrons.